The number of likely N-dealkylation sites (tertiary alicyclic amines) is 1. The number of methoxy groups -OCH3 is 1. The molecule has 8 rings (SSSR count). The number of rotatable bonds is 7. The predicted molar refractivity (Wildman–Crippen MR) is 185 cm³/mol. The van der Waals surface area contributed by atoms with Crippen molar-refractivity contribution in [3.8, 4) is 11.4 Å². The van der Waals surface area contributed by atoms with E-state index in [2.05, 4.69) is 34.6 Å². The van der Waals surface area contributed by atoms with Crippen LogP contribution in [0.1, 0.15) is 75.2 Å². The zero-order valence-corrected chi connectivity index (χ0v) is 28.7. The minimum atomic E-state index is -0.920. The van der Waals surface area contributed by atoms with Crippen LogP contribution >= 0.6 is 0 Å². The number of piperidine rings is 2. The Balaban J connectivity index is 1.11. The van der Waals surface area contributed by atoms with Gasteiger partial charge >= 0.3 is 6.09 Å². The maximum absolute atomic E-state index is 14.0. The monoisotopic (exact) mass is 653 g/mol. The van der Waals surface area contributed by atoms with E-state index in [0.717, 1.165) is 84.6 Å². The number of aromatic nitrogens is 4. The molecule has 2 bridgehead atoms. The third kappa shape index (κ3) is 5.21. The van der Waals surface area contributed by atoms with E-state index in [-0.39, 0.29) is 23.9 Å². The van der Waals surface area contributed by atoms with Crippen LogP contribution < -0.4 is 4.90 Å². The molecule has 4 aromatic heterocycles. The van der Waals surface area contributed by atoms with E-state index in [1.807, 2.05) is 48.5 Å². The van der Waals surface area contributed by atoms with Crippen molar-refractivity contribution in [2.24, 2.45) is 11.8 Å². The first kappa shape index (κ1) is 31.2. The van der Waals surface area contributed by atoms with Crippen LogP contribution in [0.3, 0.4) is 0 Å². The van der Waals surface area contributed by atoms with Crippen molar-refractivity contribution >= 4 is 34.4 Å². The van der Waals surface area contributed by atoms with Crippen LogP contribution in [-0.4, -0.2) is 96.5 Å². The summed E-state index contributed by atoms with van der Waals surface area (Å²) in [6, 6.07) is 10.1. The molecule has 254 valence electrons. The fraction of sp³-hybridized carbons (Fsp3) is 0.568. The lowest BCUT2D eigenvalue weighted by atomic mass is 9.98. The van der Waals surface area contributed by atoms with E-state index in [0.29, 0.717) is 24.1 Å². The molecule has 2 aliphatic carbocycles. The number of pyridine rings is 2. The molecular formula is C37H47N7O4. The number of carboxylic acid groups (broad SMARTS) is 1. The average Bonchev–Trinajstić information content (AvgIpc) is 3.40. The molecule has 4 fully saturated rings. The molecule has 2 saturated carbocycles. The van der Waals surface area contributed by atoms with E-state index in [1.54, 1.807) is 12.0 Å². The number of carbonyl (C=O) groups excluding carboxylic acids is 1. The fourth-order valence-electron chi connectivity index (χ4n) is 8.71. The lowest BCUT2D eigenvalue weighted by molar-refractivity contribution is 0.0503. The summed E-state index contributed by atoms with van der Waals surface area (Å²) >= 11 is 0. The van der Waals surface area contributed by atoms with E-state index in [1.165, 1.54) is 12.8 Å². The van der Waals surface area contributed by atoms with Gasteiger partial charge in [0.15, 0.2) is 0 Å². The summed E-state index contributed by atoms with van der Waals surface area (Å²) < 4.78 is 9.80. The molecule has 6 heterocycles. The van der Waals surface area contributed by atoms with Crippen molar-refractivity contribution < 1.29 is 19.4 Å². The Kier molecular flexibility index (Phi) is 7.46. The molecule has 4 aliphatic rings. The molecule has 0 aromatic carbocycles. The van der Waals surface area contributed by atoms with Gasteiger partial charge in [-0.15, -0.1) is 0 Å². The standard InChI is InChI=1S/C37H47N7O4/c1-22-28-11-9-26(35(45)42-20-25-8-12-29(42)33(25)44(36(46)47)37(2,3)4)21-43(28)39-32(22)30-18-24-10-13-31(40-16-14-27(48-5)15-17-40)38-34(24)41(30)19-23-6-7-23/h9-11,13,18,21,23,25,27,29,33H,6-8,12,14-17,19-20H2,1-5H3,(H,46,47)/t25?,29?,33-/m1/s1. The molecule has 2 saturated heterocycles. The zero-order chi connectivity index (χ0) is 33.5. The molecule has 48 heavy (non-hydrogen) atoms. The second kappa shape index (κ2) is 11.5. The number of aryl methyl sites for hydroxylation is 1. The summed E-state index contributed by atoms with van der Waals surface area (Å²) in [5, 5.41) is 16.3. The summed E-state index contributed by atoms with van der Waals surface area (Å²) in [6.45, 7) is 11.3. The van der Waals surface area contributed by atoms with Crippen molar-refractivity contribution in [3.05, 3.63) is 47.7 Å². The molecular weight excluding hydrogens is 606 g/mol. The molecule has 4 aromatic rings. The van der Waals surface area contributed by atoms with E-state index in [9.17, 15) is 14.7 Å². The average molecular weight is 654 g/mol. The van der Waals surface area contributed by atoms with Crippen LogP contribution in [0.4, 0.5) is 10.6 Å². The maximum atomic E-state index is 14.0. The van der Waals surface area contributed by atoms with Crippen molar-refractivity contribution in [2.45, 2.75) is 96.5 Å². The number of carbonyl (C=O) groups is 2. The van der Waals surface area contributed by atoms with Gasteiger partial charge in [0.2, 0.25) is 0 Å². The summed E-state index contributed by atoms with van der Waals surface area (Å²) in [6.07, 6.45) is 7.50. The van der Waals surface area contributed by atoms with E-state index >= 15 is 0 Å². The second-order valence-electron chi connectivity index (χ2n) is 15.5. The fourth-order valence-corrected chi connectivity index (χ4v) is 8.71. The van der Waals surface area contributed by atoms with Crippen molar-refractivity contribution in [3.63, 3.8) is 0 Å². The van der Waals surface area contributed by atoms with Gasteiger partial charge in [-0.05, 0) is 108 Å². The molecule has 2 amide bonds. The topological polar surface area (TPSA) is 108 Å². The number of anilines is 1. The molecule has 11 heteroatoms. The molecule has 1 N–H and O–H groups in total. The van der Waals surface area contributed by atoms with Gasteiger partial charge in [0.05, 0.1) is 35.0 Å². The van der Waals surface area contributed by atoms with E-state index < -0.39 is 11.6 Å². The largest absolute Gasteiger partial charge is 0.465 e. The van der Waals surface area contributed by atoms with Crippen molar-refractivity contribution in [1.82, 2.24) is 29.0 Å². The SMILES string of the molecule is COC1CCN(c2ccc3cc(-c4nn5cc(C(=O)N6CC7CCC6[C@@H]7N(C(=O)O)C(C)(C)C)ccc5c4C)n(CC4CC4)c3n2)CC1. The quantitative estimate of drug-likeness (QED) is 0.258. The Morgan fingerprint density at radius 2 is 1.81 bits per heavy atom. The number of hydrogen-bond donors (Lipinski definition) is 1. The normalized spacial score (nSPS) is 23.1. The third-order valence-electron chi connectivity index (χ3n) is 11.4. The van der Waals surface area contributed by atoms with Crippen molar-refractivity contribution in [2.75, 3.05) is 31.6 Å². The number of nitrogens with zero attached hydrogens (tertiary/aromatic N) is 7. The molecule has 11 nitrogen and oxygen atoms in total. The Hall–Kier alpha value is -4.12. The Morgan fingerprint density at radius 3 is 2.50 bits per heavy atom. The van der Waals surface area contributed by atoms with Crippen molar-refractivity contribution in [1.29, 1.82) is 0 Å². The number of ether oxygens (including phenoxy) is 1. The first-order valence-electron chi connectivity index (χ1n) is 17.6. The molecule has 2 aliphatic heterocycles. The van der Waals surface area contributed by atoms with Gasteiger partial charge < -0.3 is 24.2 Å². The Morgan fingerprint density at radius 1 is 1.04 bits per heavy atom. The van der Waals surface area contributed by atoms with Gasteiger partial charge in [-0.1, -0.05) is 0 Å². The highest BCUT2D eigenvalue weighted by Gasteiger charge is 2.54. The zero-order valence-electron chi connectivity index (χ0n) is 28.7. The minimum Gasteiger partial charge on any atom is -0.465 e. The highest BCUT2D eigenvalue weighted by molar-refractivity contribution is 5.95. The highest BCUT2D eigenvalue weighted by Crippen LogP contribution is 2.44. The van der Waals surface area contributed by atoms with Crippen LogP contribution in [0.25, 0.3) is 27.9 Å². The Bertz CT molecular complexity index is 1890. The molecule has 3 atom stereocenters. The van der Waals surface area contributed by atoms with Gasteiger partial charge in [0, 0.05) is 56.0 Å². The third-order valence-corrected chi connectivity index (χ3v) is 11.4. The highest BCUT2D eigenvalue weighted by atomic mass is 16.5. The summed E-state index contributed by atoms with van der Waals surface area (Å²) in [5.74, 6) is 1.76. The molecule has 0 spiro atoms. The first-order chi connectivity index (χ1) is 23.0. The van der Waals surface area contributed by atoms with Crippen LogP contribution in [0.5, 0.6) is 0 Å². The Labute approximate surface area is 281 Å². The van der Waals surface area contributed by atoms with Crippen LogP contribution in [0, 0.1) is 18.8 Å². The number of amides is 2. The predicted octanol–water partition coefficient (Wildman–Crippen LogP) is 6.07. The van der Waals surface area contributed by atoms with Gasteiger partial charge in [0.25, 0.3) is 5.91 Å². The molecule has 2 unspecified atom stereocenters. The van der Waals surface area contributed by atoms with Gasteiger partial charge in [-0.25, -0.2) is 14.3 Å². The first-order valence-corrected chi connectivity index (χ1v) is 17.6. The van der Waals surface area contributed by atoms with Gasteiger partial charge in [-0.3, -0.25) is 9.69 Å². The maximum Gasteiger partial charge on any atom is 0.408 e. The number of fused-ring (bicyclic) bond motifs is 4. The van der Waals surface area contributed by atoms with Crippen LogP contribution in [0.2, 0.25) is 0 Å². The van der Waals surface area contributed by atoms with E-state index in [4.69, 9.17) is 14.8 Å². The lowest BCUT2D eigenvalue weighted by Crippen LogP contribution is -2.55. The number of hydrogen-bond acceptors (Lipinski definition) is 6. The smallest absolute Gasteiger partial charge is 0.408 e. The van der Waals surface area contributed by atoms with Crippen LogP contribution in [-0.2, 0) is 11.3 Å². The van der Waals surface area contributed by atoms with Crippen LogP contribution in [0.15, 0.2) is 36.5 Å². The lowest BCUT2D eigenvalue weighted by Gasteiger charge is -2.40. The summed E-state index contributed by atoms with van der Waals surface area (Å²) in [4.78, 5) is 37.5. The van der Waals surface area contributed by atoms with Gasteiger partial charge in [0.1, 0.15) is 17.2 Å². The molecule has 0 radical (unpaired) electrons. The summed E-state index contributed by atoms with van der Waals surface area (Å²) in [7, 11) is 1.80. The van der Waals surface area contributed by atoms with Gasteiger partial charge in [-0.2, -0.15) is 5.10 Å². The second-order valence-corrected chi connectivity index (χ2v) is 15.5. The minimum absolute atomic E-state index is 0.0582. The summed E-state index contributed by atoms with van der Waals surface area (Å²) in [5.41, 5.74) is 5.02.